The normalized spacial score (nSPS) is 13.2. The lowest BCUT2D eigenvalue weighted by Crippen LogP contribution is -2.43. The fourth-order valence-electron chi connectivity index (χ4n) is 1.33. The second kappa shape index (κ2) is 5.29. The summed E-state index contributed by atoms with van der Waals surface area (Å²) >= 11 is 0. The number of amides is 1. The Morgan fingerprint density at radius 3 is 2.76 bits per heavy atom. The van der Waals surface area contributed by atoms with Crippen molar-refractivity contribution >= 4 is 11.7 Å². The van der Waals surface area contributed by atoms with E-state index in [2.05, 4.69) is 10.1 Å². The minimum Gasteiger partial charge on any atom is -0.409 e. The molecule has 1 aromatic heterocycles. The van der Waals surface area contributed by atoms with Gasteiger partial charge in [-0.15, -0.1) is 0 Å². The highest BCUT2D eigenvalue weighted by molar-refractivity contribution is 5.97. The van der Waals surface area contributed by atoms with Gasteiger partial charge in [0.25, 0.3) is 5.91 Å². The van der Waals surface area contributed by atoms with E-state index in [0.717, 1.165) is 5.56 Å². The third kappa shape index (κ3) is 2.93. The molecule has 1 atom stereocenters. The first-order chi connectivity index (χ1) is 7.97. The second-order valence-corrected chi connectivity index (χ2v) is 3.87. The number of aromatic nitrogens is 1. The van der Waals surface area contributed by atoms with Crippen LogP contribution in [0.1, 0.15) is 22.8 Å². The number of likely N-dealkylation sites (N-methyl/N-ethyl adjacent to an activating group) is 1. The van der Waals surface area contributed by atoms with Crippen molar-refractivity contribution in [3.8, 4) is 0 Å². The Morgan fingerprint density at radius 1 is 1.59 bits per heavy atom. The molecule has 3 N–H and O–H groups in total. The van der Waals surface area contributed by atoms with Crippen LogP contribution in [0.15, 0.2) is 23.6 Å². The molecule has 0 aliphatic heterocycles. The summed E-state index contributed by atoms with van der Waals surface area (Å²) in [4.78, 5) is 17.4. The van der Waals surface area contributed by atoms with Crippen LogP contribution >= 0.6 is 0 Å². The molecule has 0 saturated heterocycles. The highest BCUT2D eigenvalue weighted by Gasteiger charge is 2.20. The molecule has 0 aromatic carbocycles. The maximum absolute atomic E-state index is 12.1. The van der Waals surface area contributed by atoms with Crippen LogP contribution in [-0.4, -0.2) is 39.9 Å². The second-order valence-electron chi connectivity index (χ2n) is 3.87. The lowest BCUT2D eigenvalue weighted by Gasteiger charge is -2.23. The summed E-state index contributed by atoms with van der Waals surface area (Å²) < 4.78 is 0. The molecule has 0 radical (unpaired) electrons. The molecule has 0 bridgehead atoms. The number of rotatable bonds is 3. The molecular formula is C11H16N4O2. The summed E-state index contributed by atoms with van der Waals surface area (Å²) in [5, 5.41) is 11.5. The Balaban J connectivity index is 2.90. The molecule has 1 amide bonds. The zero-order valence-corrected chi connectivity index (χ0v) is 10.1. The number of oxime groups is 1. The number of hydrogen-bond donors (Lipinski definition) is 2. The van der Waals surface area contributed by atoms with Gasteiger partial charge in [-0.05, 0) is 25.5 Å². The Hall–Kier alpha value is -2.11. The molecule has 0 aliphatic carbocycles. The first-order valence-corrected chi connectivity index (χ1v) is 5.13. The third-order valence-electron chi connectivity index (χ3n) is 2.57. The molecule has 92 valence electrons. The van der Waals surface area contributed by atoms with Crippen molar-refractivity contribution in [2.75, 3.05) is 7.05 Å². The van der Waals surface area contributed by atoms with Crippen LogP contribution in [0.3, 0.4) is 0 Å². The third-order valence-corrected chi connectivity index (χ3v) is 2.57. The van der Waals surface area contributed by atoms with Gasteiger partial charge in [-0.2, -0.15) is 0 Å². The lowest BCUT2D eigenvalue weighted by atomic mass is 10.2. The summed E-state index contributed by atoms with van der Waals surface area (Å²) in [6.07, 6.45) is 3.16. The van der Waals surface area contributed by atoms with Crippen LogP contribution in [0, 0.1) is 6.92 Å². The molecule has 6 nitrogen and oxygen atoms in total. The van der Waals surface area contributed by atoms with Gasteiger partial charge < -0.3 is 15.8 Å². The van der Waals surface area contributed by atoms with Crippen molar-refractivity contribution in [2.45, 2.75) is 19.9 Å². The maximum atomic E-state index is 12.1. The van der Waals surface area contributed by atoms with E-state index in [0.29, 0.717) is 5.56 Å². The van der Waals surface area contributed by atoms with Crippen LogP contribution in [-0.2, 0) is 0 Å². The smallest absolute Gasteiger partial charge is 0.255 e. The SMILES string of the molecule is Cc1cncc(C(=O)N(C)C(C)C(N)=NO)c1. The van der Waals surface area contributed by atoms with Gasteiger partial charge in [0.1, 0.15) is 0 Å². The molecular weight excluding hydrogens is 220 g/mol. The van der Waals surface area contributed by atoms with E-state index in [1.54, 1.807) is 26.2 Å². The zero-order chi connectivity index (χ0) is 13.0. The van der Waals surface area contributed by atoms with E-state index in [9.17, 15) is 4.79 Å². The van der Waals surface area contributed by atoms with Gasteiger partial charge in [0.15, 0.2) is 5.84 Å². The summed E-state index contributed by atoms with van der Waals surface area (Å²) in [7, 11) is 1.59. The van der Waals surface area contributed by atoms with Crippen LogP contribution < -0.4 is 5.73 Å². The van der Waals surface area contributed by atoms with Gasteiger partial charge in [0.05, 0.1) is 11.6 Å². The molecule has 1 rings (SSSR count). The molecule has 0 saturated carbocycles. The van der Waals surface area contributed by atoms with E-state index in [1.807, 2.05) is 6.92 Å². The van der Waals surface area contributed by atoms with Gasteiger partial charge in [-0.1, -0.05) is 5.16 Å². The van der Waals surface area contributed by atoms with E-state index < -0.39 is 6.04 Å². The number of carbonyl (C=O) groups excluding carboxylic acids is 1. The van der Waals surface area contributed by atoms with Gasteiger partial charge in [-0.25, -0.2) is 0 Å². The van der Waals surface area contributed by atoms with Gasteiger partial charge in [-0.3, -0.25) is 9.78 Å². The van der Waals surface area contributed by atoms with E-state index in [-0.39, 0.29) is 11.7 Å². The largest absolute Gasteiger partial charge is 0.409 e. The van der Waals surface area contributed by atoms with Gasteiger partial charge in [0.2, 0.25) is 0 Å². The van der Waals surface area contributed by atoms with Crippen LogP contribution in [0.25, 0.3) is 0 Å². The number of nitrogens with zero attached hydrogens (tertiary/aromatic N) is 3. The molecule has 1 aromatic rings. The minimum absolute atomic E-state index is 0.0125. The van der Waals surface area contributed by atoms with Crippen molar-refractivity contribution in [1.29, 1.82) is 0 Å². The Kier molecular flexibility index (Phi) is 4.03. The predicted octanol–water partition coefficient (Wildman–Crippen LogP) is 0.597. The van der Waals surface area contributed by atoms with Gasteiger partial charge >= 0.3 is 0 Å². The number of pyridine rings is 1. The summed E-state index contributed by atoms with van der Waals surface area (Å²) in [5.74, 6) is -0.234. The Morgan fingerprint density at radius 2 is 2.24 bits per heavy atom. The molecule has 0 fully saturated rings. The molecule has 0 aliphatic rings. The fourth-order valence-corrected chi connectivity index (χ4v) is 1.33. The standard InChI is InChI=1S/C11H16N4O2/c1-7-4-9(6-13-5-7)11(16)15(3)8(2)10(12)14-17/h4-6,8,17H,1-3H3,(H2,12,14). The van der Waals surface area contributed by atoms with E-state index >= 15 is 0 Å². The Labute approximate surface area is 99.7 Å². The van der Waals surface area contributed by atoms with Crippen molar-refractivity contribution in [2.24, 2.45) is 10.9 Å². The summed E-state index contributed by atoms with van der Waals surface area (Å²) in [6.45, 7) is 3.53. The molecule has 0 spiro atoms. The fraction of sp³-hybridized carbons (Fsp3) is 0.364. The lowest BCUT2D eigenvalue weighted by molar-refractivity contribution is 0.0776. The highest BCUT2D eigenvalue weighted by Crippen LogP contribution is 2.07. The van der Waals surface area contributed by atoms with Crippen LogP contribution in [0.2, 0.25) is 0 Å². The molecule has 6 heteroatoms. The number of nitrogens with two attached hydrogens (primary N) is 1. The van der Waals surface area contributed by atoms with Crippen molar-refractivity contribution in [3.63, 3.8) is 0 Å². The van der Waals surface area contributed by atoms with Crippen molar-refractivity contribution < 1.29 is 10.0 Å². The molecule has 1 heterocycles. The number of carbonyl (C=O) groups is 1. The van der Waals surface area contributed by atoms with Crippen molar-refractivity contribution in [1.82, 2.24) is 9.88 Å². The maximum Gasteiger partial charge on any atom is 0.255 e. The van der Waals surface area contributed by atoms with E-state index in [1.165, 1.54) is 11.1 Å². The Bertz CT molecular complexity index is 445. The number of hydrogen-bond acceptors (Lipinski definition) is 4. The topological polar surface area (TPSA) is 91.8 Å². The zero-order valence-electron chi connectivity index (χ0n) is 10.1. The monoisotopic (exact) mass is 236 g/mol. The van der Waals surface area contributed by atoms with Crippen LogP contribution in [0.4, 0.5) is 0 Å². The van der Waals surface area contributed by atoms with E-state index in [4.69, 9.17) is 10.9 Å². The van der Waals surface area contributed by atoms with Gasteiger partial charge in [0, 0.05) is 19.4 Å². The first-order valence-electron chi connectivity index (χ1n) is 5.13. The average molecular weight is 236 g/mol. The predicted molar refractivity (Wildman–Crippen MR) is 63.9 cm³/mol. The molecule has 1 unspecified atom stereocenters. The first kappa shape index (κ1) is 13.0. The number of aryl methyl sites for hydroxylation is 1. The minimum atomic E-state index is -0.479. The summed E-state index contributed by atoms with van der Waals surface area (Å²) in [5.41, 5.74) is 6.83. The number of amidine groups is 1. The summed E-state index contributed by atoms with van der Waals surface area (Å²) in [6, 6.07) is 1.26. The quantitative estimate of drug-likeness (QED) is 0.348. The van der Waals surface area contributed by atoms with Crippen molar-refractivity contribution in [3.05, 3.63) is 29.6 Å². The average Bonchev–Trinajstić information content (AvgIpc) is 2.35. The molecule has 17 heavy (non-hydrogen) atoms. The van der Waals surface area contributed by atoms with Crippen LogP contribution in [0.5, 0.6) is 0 Å². The highest BCUT2D eigenvalue weighted by atomic mass is 16.4.